The molecule has 0 spiro atoms. The highest BCUT2D eigenvalue weighted by Crippen LogP contribution is 2.35. The van der Waals surface area contributed by atoms with E-state index in [1.807, 2.05) is 0 Å². The van der Waals surface area contributed by atoms with Crippen LogP contribution in [0.25, 0.3) is 11.0 Å². The Bertz CT molecular complexity index is 1370. The minimum atomic E-state index is -1.83. The van der Waals surface area contributed by atoms with Gasteiger partial charge in [-0.1, -0.05) is 36.4 Å². The summed E-state index contributed by atoms with van der Waals surface area (Å²) in [6.07, 6.45) is -2.81. The van der Waals surface area contributed by atoms with Crippen molar-refractivity contribution in [2.45, 2.75) is 24.6 Å². The van der Waals surface area contributed by atoms with Gasteiger partial charge >= 0.3 is 11.9 Å². The van der Waals surface area contributed by atoms with E-state index in [0.29, 0.717) is 10.9 Å². The fraction of sp³-hybridized carbons (Fsp3) is 0.240. The largest absolute Gasteiger partial charge is 0.480 e. The summed E-state index contributed by atoms with van der Waals surface area (Å²) >= 11 is 0. The average molecular weight is 492 g/mol. The first-order valence-electron chi connectivity index (χ1n) is 11.1. The van der Waals surface area contributed by atoms with E-state index in [1.54, 1.807) is 60.7 Å². The van der Waals surface area contributed by atoms with E-state index in [0.717, 1.165) is 0 Å². The normalized spacial score (nSPS) is 21.3. The lowest BCUT2D eigenvalue weighted by Crippen LogP contribution is -2.37. The molecule has 11 heteroatoms. The van der Waals surface area contributed by atoms with Crippen molar-refractivity contribution in [1.29, 1.82) is 0 Å². The van der Waals surface area contributed by atoms with Crippen LogP contribution < -0.4 is 4.74 Å². The Morgan fingerprint density at radius 3 is 2.33 bits per heavy atom. The molecule has 0 saturated carbocycles. The highest BCUT2D eigenvalue weighted by atomic mass is 19.1. The van der Waals surface area contributed by atoms with Crippen LogP contribution in [-0.4, -0.2) is 63.8 Å². The van der Waals surface area contributed by atoms with Gasteiger partial charge in [-0.25, -0.2) is 28.6 Å². The molecule has 10 nitrogen and oxygen atoms in total. The molecule has 4 atom stereocenters. The van der Waals surface area contributed by atoms with Gasteiger partial charge in [-0.05, 0) is 24.3 Å². The molecular weight excluding hydrogens is 471 g/mol. The van der Waals surface area contributed by atoms with E-state index in [9.17, 15) is 9.59 Å². The summed E-state index contributed by atoms with van der Waals surface area (Å²) in [5.74, 6) is -1.08. The Morgan fingerprint density at radius 2 is 1.67 bits per heavy atom. The number of hydrogen-bond acceptors (Lipinski definition) is 9. The molecule has 0 unspecified atom stereocenters. The number of methoxy groups -OCH3 is 1. The Hall–Kier alpha value is -4.38. The standard InChI is InChI=1S/C25H21FN4O6/c1-33-22-17-12-30(29-21(17)27-14-28-22)23-19(26)20(36-25(32)16-10-6-3-7-11-16)18(35-23)13-34-24(31)15-8-4-2-5-9-15/h2-12,14,18-20,23H,13H2,1H3/t18-,19+,20-,23-/m1/s1. The maximum atomic E-state index is 15.8. The first kappa shape index (κ1) is 23.4. The van der Waals surface area contributed by atoms with Crippen molar-refractivity contribution < 1.29 is 32.9 Å². The van der Waals surface area contributed by atoms with E-state index in [-0.39, 0.29) is 23.7 Å². The van der Waals surface area contributed by atoms with Gasteiger partial charge in [-0.3, -0.25) is 0 Å². The molecule has 0 aliphatic carbocycles. The molecule has 0 bridgehead atoms. The average Bonchev–Trinajstić information content (AvgIpc) is 3.49. The molecule has 0 amide bonds. The molecule has 2 aromatic heterocycles. The number of aromatic nitrogens is 4. The van der Waals surface area contributed by atoms with E-state index >= 15 is 4.39 Å². The number of ether oxygens (including phenoxy) is 4. The van der Waals surface area contributed by atoms with Crippen LogP contribution in [0.3, 0.4) is 0 Å². The Balaban J connectivity index is 1.40. The van der Waals surface area contributed by atoms with Gasteiger partial charge in [0, 0.05) is 6.20 Å². The minimum Gasteiger partial charge on any atom is -0.480 e. The Labute approximate surface area is 204 Å². The smallest absolute Gasteiger partial charge is 0.338 e. The quantitative estimate of drug-likeness (QED) is 0.359. The molecule has 4 aromatic rings. The van der Waals surface area contributed by atoms with Gasteiger partial charge in [-0.2, -0.15) is 0 Å². The second-order valence-electron chi connectivity index (χ2n) is 7.94. The number of alkyl halides is 1. The van der Waals surface area contributed by atoms with Gasteiger partial charge in [0.1, 0.15) is 24.4 Å². The number of rotatable bonds is 7. The number of carbonyl (C=O) groups is 2. The second kappa shape index (κ2) is 10.1. The molecular formula is C25H21FN4O6. The van der Waals surface area contributed by atoms with Crippen molar-refractivity contribution in [2.75, 3.05) is 13.7 Å². The predicted molar refractivity (Wildman–Crippen MR) is 123 cm³/mol. The fourth-order valence-corrected chi connectivity index (χ4v) is 3.89. The monoisotopic (exact) mass is 492 g/mol. The number of esters is 2. The number of hydrogen-bond donors (Lipinski definition) is 0. The van der Waals surface area contributed by atoms with E-state index in [2.05, 4.69) is 15.1 Å². The summed E-state index contributed by atoms with van der Waals surface area (Å²) in [7, 11) is 1.44. The third-order valence-electron chi connectivity index (χ3n) is 5.66. The molecule has 1 aliphatic rings. The molecule has 3 heterocycles. The summed E-state index contributed by atoms with van der Waals surface area (Å²) in [6.45, 7) is -0.346. The number of fused-ring (bicyclic) bond motifs is 1. The summed E-state index contributed by atoms with van der Waals surface area (Å²) in [5.41, 5.74) is 0.845. The maximum absolute atomic E-state index is 15.8. The minimum absolute atomic E-state index is 0.248. The van der Waals surface area contributed by atoms with Gasteiger partial charge < -0.3 is 18.9 Å². The number of nitrogens with zero attached hydrogens (tertiary/aromatic N) is 4. The van der Waals surface area contributed by atoms with Crippen LogP contribution in [-0.2, 0) is 14.2 Å². The van der Waals surface area contributed by atoms with Crippen LogP contribution in [0.1, 0.15) is 26.9 Å². The lowest BCUT2D eigenvalue weighted by atomic mass is 10.1. The first-order chi connectivity index (χ1) is 17.5. The second-order valence-corrected chi connectivity index (χ2v) is 7.94. The van der Waals surface area contributed by atoms with Crippen molar-refractivity contribution in [1.82, 2.24) is 19.7 Å². The molecule has 5 rings (SSSR count). The molecule has 1 fully saturated rings. The van der Waals surface area contributed by atoms with Crippen molar-refractivity contribution in [3.05, 3.63) is 84.3 Å². The first-order valence-corrected chi connectivity index (χ1v) is 11.1. The Morgan fingerprint density at radius 1 is 1.00 bits per heavy atom. The molecule has 184 valence electrons. The predicted octanol–water partition coefficient (Wildman–Crippen LogP) is 3.15. The van der Waals surface area contributed by atoms with Crippen LogP contribution in [0.2, 0.25) is 0 Å². The van der Waals surface area contributed by atoms with Crippen LogP contribution in [0.4, 0.5) is 4.39 Å². The van der Waals surface area contributed by atoms with Crippen molar-refractivity contribution in [3.63, 3.8) is 0 Å². The van der Waals surface area contributed by atoms with E-state index in [4.69, 9.17) is 18.9 Å². The maximum Gasteiger partial charge on any atom is 0.338 e. The van der Waals surface area contributed by atoms with Gasteiger partial charge in [-0.15, -0.1) is 5.10 Å². The molecule has 0 radical (unpaired) electrons. The lowest BCUT2D eigenvalue weighted by molar-refractivity contribution is -0.0611. The van der Waals surface area contributed by atoms with Gasteiger partial charge in [0.25, 0.3) is 0 Å². The van der Waals surface area contributed by atoms with Gasteiger partial charge in [0.05, 0.1) is 18.2 Å². The van der Waals surface area contributed by atoms with Crippen LogP contribution >= 0.6 is 0 Å². The SMILES string of the molecule is COc1ncnc2nn([C@@H]3O[C@H](COC(=O)c4ccccc4)[C@@H](OC(=O)c4ccccc4)[C@@H]3F)cc12. The number of halogens is 1. The van der Waals surface area contributed by atoms with Crippen molar-refractivity contribution >= 4 is 23.0 Å². The van der Waals surface area contributed by atoms with Gasteiger partial charge in [0.15, 0.2) is 24.2 Å². The fourth-order valence-electron chi connectivity index (χ4n) is 3.89. The van der Waals surface area contributed by atoms with Crippen LogP contribution in [0.15, 0.2) is 73.2 Å². The zero-order chi connectivity index (χ0) is 25.1. The van der Waals surface area contributed by atoms with Crippen molar-refractivity contribution in [2.24, 2.45) is 0 Å². The molecule has 2 aromatic carbocycles. The zero-order valence-electron chi connectivity index (χ0n) is 19.1. The number of carbonyl (C=O) groups excluding carboxylic acids is 2. The third kappa shape index (κ3) is 4.60. The summed E-state index contributed by atoms with van der Waals surface area (Å²) in [4.78, 5) is 33.2. The summed E-state index contributed by atoms with van der Waals surface area (Å²) in [5, 5.41) is 4.73. The topological polar surface area (TPSA) is 115 Å². The molecule has 0 N–H and O–H groups in total. The molecule has 36 heavy (non-hydrogen) atoms. The van der Waals surface area contributed by atoms with Crippen molar-refractivity contribution in [3.8, 4) is 5.88 Å². The van der Waals surface area contributed by atoms with Crippen LogP contribution in [0, 0.1) is 0 Å². The Kier molecular flexibility index (Phi) is 6.54. The highest BCUT2D eigenvalue weighted by Gasteiger charge is 2.50. The summed E-state index contributed by atoms with van der Waals surface area (Å²) < 4.78 is 38.9. The van der Waals surface area contributed by atoms with Crippen LogP contribution in [0.5, 0.6) is 5.88 Å². The highest BCUT2D eigenvalue weighted by molar-refractivity contribution is 5.90. The van der Waals surface area contributed by atoms with Gasteiger partial charge in [0.2, 0.25) is 5.88 Å². The molecule has 1 saturated heterocycles. The third-order valence-corrected chi connectivity index (χ3v) is 5.66. The zero-order valence-corrected chi connectivity index (χ0v) is 19.1. The number of benzene rings is 2. The lowest BCUT2D eigenvalue weighted by Gasteiger charge is -2.19. The molecule has 1 aliphatic heterocycles. The van der Waals surface area contributed by atoms with E-state index < -0.39 is 36.5 Å². The van der Waals surface area contributed by atoms with E-state index in [1.165, 1.54) is 24.3 Å². The summed E-state index contributed by atoms with van der Waals surface area (Å²) in [6, 6.07) is 16.5.